The van der Waals surface area contributed by atoms with Gasteiger partial charge < -0.3 is 9.84 Å². The van der Waals surface area contributed by atoms with Crippen LogP contribution in [0.3, 0.4) is 0 Å². The summed E-state index contributed by atoms with van der Waals surface area (Å²) in [7, 11) is -2.44. The summed E-state index contributed by atoms with van der Waals surface area (Å²) in [6.45, 7) is 0. The molecule has 0 amide bonds. The van der Waals surface area contributed by atoms with Crippen molar-refractivity contribution < 1.29 is 23.1 Å². The highest BCUT2D eigenvalue weighted by Crippen LogP contribution is 2.43. The monoisotopic (exact) mass is 270 g/mol. The molecule has 1 aliphatic rings. The van der Waals surface area contributed by atoms with Crippen LogP contribution in [0.2, 0.25) is 0 Å². The number of sulfone groups is 1. The third-order valence-corrected chi connectivity index (χ3v) is 5.90. The van der Waals surface area contributed by atoms with Crippen molar-refractivity contribution in [2.24, 2.45) is 0 Å². The Labute approximate surface area is 105 Å². The van der Waals surface area contributed by atoms with Gasteiger partial charge in [-0.25, -0.2) is 8.42 Å². The maximum atomic E-state index is 12.4. The molecule has 0 unspecified atom stereocenters. The van der Waals surface area contributed by atoms with Crippen LogP contribution in [0.4, 0.5) is 0 Å². The molecule has 1 aromatic rings. The van der Waals surface area contributed by atoms with Crippen molar-refractivity contribution in [3.63, 3.8) is 0 Å². The number of carboxylic acid groups (broad SMARTS) is 1. The highest BCUT2D eigenvalue weighted by molar-refractivity contribution is 7.93. The van der Waals surface area contributed by atoms with Gasteiger partial charge in [-0.1, -0.05) is 6.07 Å². The number of hydrogen-bond acceptors (Lipinski definition) is 4. The van der Waals surface area contributed by atoms with Gasteiger partial charge in [0, 0.05) is 0 Å². The SMILES string of the molecule is COc1cccc(S(=O)(=O)C2(C(=O)O)CCC2)c1. The molecule has 0 bridgehead atoms. The molecule has 1 N–H and O–H groups in total. The average molecular weight is 270 g/mol. The van der Waals surface area contributed by atoms with Gasteiger partial charge in [-0.3, -0.25) is 4.79 Å². The van der Waals surface area contributed by atoms with Gasteiger partial charge in [0.1, 0.15) is 5.75 Å². The van der Waals surface area contributed by atoms with E-state index in [4.69, 9.17) is 4.74 Å². The van der Waals surface area contributed by atoms with Crippen LogP contribution in [-0.4, -0.2) is 31.4 Å². The van der Waals surface area contributed by atoms with Crippen molar-refractivity contribution in [3.8, 4) is 5.75 Å². The molecule has 0 atom stereocenters. The van der Waals surface area contributed by atoms with Crippen LogP contribution < -0.4 is 4.74 Å². The van der Waals surface area contributed by atoms with E-state index in [0.717, 1.165) is 0 Å². The smallest absolute Gasteiger partial charge is 0.325 e. The van der Waals surface area contributed by atoms with Gasteiger partial charge in [-0.15, -0.1) is 0 Å². The maximum absolute atomic E-state index is 12.4. The van der Waals surface area contributed by atoms with E-state index in [9.17, 15) is 18.3 Å². The molecule has 1 saturated carbocycles. The zero-order chi connectivity index (χ0) is 13.4. The highest BCUT2D eigenvalue weighted by Gasteiger charge is 2.56. The first-order valence-corrected chi connectivity index (χ1v) is 7.04. The number of aliphatic carboxylic acids is 1. The highest BCUT2D eigenvalue weighted by atomic mass is 32.2. The van der Waals surface area contributed by atoms with Gasteiger partial charge in [0.25, 0.3) is 0 Å². The normalized spacial score (nSPS) is 17.8. The van der Waals surface area contributed by atoms with E-state index in [-0.39, 0.29) is 17.7 Å². The summed E-state index contributed by atoms with van der Waals surface area (Å²) >= 11 is 0. The summed E-state index contributed by atoms with van der Waals surface area (Å²) in [5, 5.41) is 9.20. The average Bonchev–Trinajstić information content (AvgIpc) is 2.26. The molecule has 0 saturated heterocycles. The zero-order valence-electron chi connectivity index (χ0n) is 9.92. The van der Waals surface area contributed by atoms with E-state index in [1.54, 1.807) is 12.1 Å². The number of carbonyl (C=O) groups is 1. The van der Waals surface area contributed by atoms with Gasteiger partial charge in [0.15, 0.2) is 14.6 Å². The molecule has 18 heavy (non-hydrogen) atoms. The van der Waals surface area contributed by atoms with E-state index in [0.29, 0.717) is 12.2 Å². The largest absolute Gasteiger partial charge is 0.497 e. The number of carboxylic acids is 1. The number of ether oxygens (including phenoxy) is 1. The Bertz CT molecular complexity index is 572. The van der Waals surface area contributed by atoms with Crippen molar-refractivity contribution in [2.75, 3.05) is 7.11 Å². The van der Waals surface area contributed by atoms with E-state index in [2.05, 4.69) is 0 Å². The maximum Gasteiger partial charge on any atom is 0.325 e. The summed E-state index contributed by atoms with van der Waals surface area (Å²) in [6.07, 6.45) is 0.958. The quantitative estimate of drug-likeness (QED) is 0.896. The molecular weight excluding hydrogens is 256 g/mol. The molecule has 1 aromatic carbocycles. The fraction of sp³-hybridized carbons (Fsp3) is 0.417. The van der Waals surface area contributed by atoms with Crippen molar-refractivity contribution >= 4 is 15.8 Å². The molecule has 0 aliphatic heterocycles. The van der Waals surface area contributed by atoms with Gasteiger partial charge >= 0.3 is 5.97 Å². The molecule has 0 heterocycles. The van der Waals surface area contributed by atoms with Crippen LogP contribution in [0.5, 0.6) is 5.75 Å². The molecule has 5 nitrogen and oxygen atoms in total. The minimum Gasteiger partial charge on any atom is -0.497 e. The van der Waals surface area contributed by atoms with Gasteiger partial charge in [-0.2, -0.15) is 0 Å². The summed E-state index contributed by atoms with van der Waals surface area (Å²) < 4.78 is 28.1. The first kappa shape index (κ1) is 12.9. The van der Waals surface area contributed by atoms with Crippen LogP contribution in [0.1, 0.15) is 19.3 Å². The van der Waals surface area contributed by atoms with Crippen LogP contribution in [0.25, 0.3) is 0 Å². The summed E-state index contributed by atoms with van der Waals surface area (Å²) in [4.78, 5) is 11.3. The van der Waals surface area contributed by atoms with Gasteiger partial charge in [0.05, 0.1) is 12.0 Å². The van der Waals surface area contributed by atoms with Crippen molar-refractivity contribution in [1.82, 2.24) is 0 Å². The fourth-order valence-electron chi connectivity index (χ4n) is 2.09. The molecule has 0 spiro atoms. The Morgan fingerprint density at radius 1 is 1.39 bits per heavy atom. The first-order chi connectivity index (χ1) is 8.44. The molecule has 6 heteroatoms. The summed E-state index contributed by atoms with van der Waals surface area (Å²) in [5.74, 6) is -0.868. The molecule has 0 aromatic heterocycles. The lowest BCUT2D eigenvalue weighted by atomic mass is 9.84. The zero-order valence-corrected chi connectivity index (χ0v) is 10.7. The Kier molecular flexibility index (Phi) is 3.06. The van der Waals surface area contributed by atoms with Crippen LogP contribution in [-0.2, 0) is 14.6 Å². The van der Waals surface area contributed by atoms with Crippen molar-refractivity contribution in [2.45, 2.75) is 28.9 Å². The number of benzene rings is 1. The Morgan fingerprint density at radius 3 is 2.50 bits per heavy atom. The van der Waals surface area contributed by atoms with Crippen molar-refractivity contribution in [1.29, 1.82) is 0 Å². The third-order valence-electron chi connectivity index (χ3n) is 3.42. The van der Waals surface area contributed by atoms with E-state index < -0.39 is 20.6 Å². The fourth-order valence-corrected chi connectivity index (χ4v) is 4.13. The van der Waals surface area contributed by atoms with E-state index >= 15 is 0 Å². The second-order valence-electron chi connectivity index (χ2n) is 4.34. The molecule has 1 fully saturated rings. The second kappa shape index (κ2) is 4.28. The standard InChI is InChI=1S/C12H14O5S/c1-17-9-4-2-5-10(8-9)18(15,16)12(11(13)14)6-3-7-12/h2,4-5,8H,3,6-7H2,1H3,(H,13,14). The molecule has 98 valence electrons. The topological polar surface area (TPSA) is 80.7 Å². The molecule has 1 aliphatic carbocycles. The molecule has 0 radical (unpaired) electrons. The van der Waals surface area contributed by atoms with E-state index in [1.807, 2.05) is 0 Å². The lowest BCUT2D eigenvalue weighted by molar-refractivity contribution is -0.142. The third kappa shape index (κ3) is 1.68. The summed E-state index contributed by atoms with van der Waals surface area (Å²) in [5.41, 5.74) is 0. The van der Waals surface area contributed by atoms with Crippen molar-refractivity contribution in [3.05, 3.63) is 24.3 Å². The lowest BCUT2D eigenvalue weighted by Crippen LogP contribution is -2.51. The Hall–Kier alpha value is -1.56. The number of rotatable bonds is 4. The second-order valence-corrected chi connectivity index (χ2v) is 6.60. The predicted molar refractivity (Wildman–Crippen MR) is 64.4 cm³/mol. The van der Waals surface area contributed by atoms with Crippen LogP contribution >= 0.6 is 0 Å². The number of methoxy groups -OCH3 is 1. The minimum atomic E-state index is -3.88. The van der Waals surface area contributed by atoms with Crippen LogP contribution in [0, 0.1) is 0 Å². The van der Waals surface area contributed by atoms with Crippen LogP contribution in [0.15, 0.2) is 29.2 Å². The van der Waals surface area contributed by atoms with Gasteiger partial charge in [-0.05, 0) is 37.5 Å². The predicted octanol–water partition coefficient (Wildman–Crippen LogP) is 1.48. The first-order valence-electron chi connectivity index (χ1n) is 5.56. The number of hydrogen-bond donors (Lipinski definition) is 1. The molecule has 2 rings (SSSR count). The molecular formula is C12H14O5S. The summed E-state index contributed by atoms with van der Waals surface area (Å²) in [6, 6.07) is 5.92. The van der Waals surface area contributed by atoms with E-state index in [1.165, 1.54) is 19.2 Å². The Balaban J connectivity index is 2.51. The minimum absolute atomic E-state index is 0.00366. The Morgan fingerprint density at radius 2 is 2.06 bits per heavy atom. The lowest BCUT2D eigenvalue weighted by Gasteiger charge is -2.36. The van der Waals surface area contributed by atoms with Gasteiger partial charge in [0.2, 0.25) is 0 Å².